The summed E-state index contributed by atoms with van der Waals surface area (Å²) in [5.41, 5.74) is 1.47. The van der Waals surface area contributed by atoms with Gasteiger partial charge in [0.1, 0.15) is 0 Å². The van der Waals surface area contributed by atoms with Crippen molar-refractivity contribution in [2.75, 3.05) is 13.6 Å². The van der Waals surface area contributed by atoms with Crippen LogP contribution in [-0.2, 0) is 6.42 Å². The molecule has 0 saturated heterocycles. The predicted molar refractivity (Wildman–Crippen MR) is 71.7 cm³/mol. The Kier molecular flexibility index (Phi) is 6.91. The monoisotopic (exact) mass is 219 g/mol. The first kappa shape index (κ1) is 13.2. The van der Waals surface area contributed by atoms with Crippen LogP contribution in [0.2, 0.25) is 0 Å². The number of aryl methyl sites for hydroxylation is 1. The van der Waals surface area contributed by atoms with E-state index in [0.29, 0.717) is 0 Å². The molecule has 0 radical (unpaired) electrons. The summed E-state index contributed by atoms with van der Waals surface area (Å²) in [7, 11) is 2.06. The molecule has 0 aliphatic heterocycles. The maximum Gasteiger partial charge on any atom is -0.00235 e. The average molecular weight is 219 g/mol. The number of hydrogen-bond acceptors (Lipinski definition) is 1. The molecule has 0 fully saturated rings. The Morgan fingerprint density at radius 2 is 1.88 bits per heavy atom. The van der Waals surface area contributed by atoms with E-state index in [4.69, 9.17) is 0 Å². The van der Waals surface area contributed by atoms with Gasteiger partial charge < -0.3 is 5.32 Å². The molecular weight excluding hydrogens is 194 g/mol. The molecule has 1 nitrogen and oxygen atoms in total. The molecule has 1 atom stereocenters. The van der Waals surface area contributed by atoms with Crippen LogP contribution in [0.5, 0.6) is 0 Å². The van der Waals surface area contributed by atoms with Gasteiger partial charge in [-0.3, -0.25) is 0 Å². The molecule has 90 valence electrons. The molecule has 0 saturated carbocycles. The van der Waals surface area contributed by atoms with Crippen molar-refractivity contribution in [2.45, 2.75) is 39.0 Å². The Hall–Kier alpha value is -0.820. The van der Waals surface area contributed by atoms with Crippen LogP contribution in [0.15, 0.2) is 30.3 Å². The lowest BCUT2D eigenvalue weighted by Crippen LogP contribution is -2.18. The molecule has 16 heavy (non-hydrogen) atoms. The number of benzene rings is 1. The van der Waals surface area contributed by atoms with Gasteiger partial charge >= 0.3 is 0 Å². The number of hydrogen-bond donors (Lipinski definition) is 1. The van der Waals surface area contributed by atoms with Crippen molar-refractivity contribution < 1.29 is 0 Å². The van der Waals surface area contributed by atoms with Gasteiger partial charge in [-0.05, 0) is 50.8 Å². The minimum atomic E-state index is 0.860. The van der Waals surface area contributed by atoms with E-state index in [-0.39, 0.29) is 0 Å². The lowest BCUT2D eigenvalue weighted by molar-refractivity contribution is 0.416. The minimum absolute atomic E-state index is 0.860. The van der Waals surface area contributed by atoms with Crippen LogP contribution < -0.4 is 5.32 Å². The Bertz CT molecular complexity index is 249. The van der Waals surface area contributed by atoms with Gasteiger partial charge in [-0.2, -0.15) is 0 Å². The average Bonchev–Trinajstić information content (AvgIpc) is 2.31. The molecule has 0 amide bonds. The molecule has 0 bridgehead atoms. The molecular formula is C15H25N. The lowest BCUT2D eigenvalue weighted by Gasteiger charge is -2.15. The molecule has 1 rings (SSSR count). The summed E-state index contributed by atoms with van der Waals surface area (Å²) >= 11 is 0. The van der Waals surface area contributed by atoms with E-state index < -0.39 is 0 Å². The van der Waals surface area contributed by atoms with E-state index in [1.807, 2.05) is 0 Å². The van der Waals surface area contributed by atoms with Crippen LogP contribution in [0.4, 0.5) is 0 Å². The van der Waals surface area contributed by atoms with Crippen molar-refractivity contribution in [3.63, 3.8) is 0 Å². The van der Waals surface area contributed by atoms with Crippen molar-refractivity contribution in [1.29, 1.82) is 0 Å². The molecule has 0 aliphatic rings. The quantitative estimate of drug-likeness (QED) is 0.704. The smallest absolute Gasteiger partial charge is 0.00235 e. The minimum Gasteiger partial charge on any atom is -0.319 e. The maximum atomic E-state index is 3.30. The first-order valence-corrected chi connectivity index (χ1v) is 6.55. The molecule has 1 N–H and O–H groups in total. The van der Waals surface area contributed by atoms with Gasteiger partial charge in [-0.15, -0.1) is 0 Å². The van der Waals surface area contributed by atoms with Gasteiger partial charge in [0.05, 0.1) is 0 Å². The lowest BCUT2D eigenvalue weighted by atomic mass is 9.95. The third-order valence-corrected chi connectivity index (χ3v) is 3.11. The highest BCUT2D eigenvalue weighted by atomic mass is 14.8. The zero-order valence-corrected chi connectivity index (χ0v) is 10.7. The van der Waals surface area contributed by atoms with Gasteiger partial charge in [0.15, 0.2) is 0 Å². The molecule has 1 aromatic rings. The number of nitrogens with one attached hydrogen (secondary N) is 1. The summed E-state index contributed by atoms with van der Waals surface area (Å²) < 4.78 is 0. The standard InChI is InChI=1S/C15H25N/c1-3-8-15(13-16-2)12-7-11-14-9-5-4-6-10-14/h4-6,9-10,15-16H,3,7-8,11-13H2,1-2H3. The Morgan fingerprint density at radius 1 is 1.12 bits per heavy atom. The molecule has 0 aliphatic carbocycles. The van der Waals surface area contributed by atoms with Crippen molar-refractivity contribution in [3.05, 3.63) is 35.9 Å². The second-order valence-corrected chi connectivity index (χ2v) is 4.59. The highest BCUT2D eigenvalue weighted by Gasteiger charge is 2.06. The molecule has 1 aromatic carbocycles. The molecule has 0 spiro atoms. The third-order valence-electron chi connectivity index (χ3n) is 3.11. The van der Waals surface area contributed by atoms with Crippen molar-refractivity contribution in [3.8, 4) is 0 Å². The summed E-state index contributed by atoms with van der Waals surface area (Å²) in [5.74, 6) is 0.860. The van der Waals surface area contributed by atoms with Crippen molar-refractivity contribution in [2.24, 2.45) is 5.92 Å². The van der Waals surface area contributed by atoms with Crippen LogP contribution >= 0.6 is 0 Å². The normalized spacial score (nSPS) is 12.6. The zero-order chi connectivity index (χ0) is 11.6. The molecule has 0 aromatic heterocycles. The Balaban J connectivity index is 2.22. The van der Waals surface area contributed by atoms with E-state index in [1.165, 1.54) is 44.2 Å². The van der Waals surface area contributed by atoms with Gasteiger partial charge in [0.2, 0.25) is 0 Å². The van der Waals surface area contributed by atoms with Crippen LogP contribution in [0.25, 0.3) is 0 Å². The first-order chi connectivity index (χ1) is 7.86. The predicted octanol–water partition coefficient (Wildman–Crippen LogP) is 3.65. The fraction of sp³-hybridized carbons (Fsp3) is 0.600. The summed E-state index contributed by atoms with van der Waals surface area (Å²) in [6, 6.07) is 10.8. The first-order valence-electron chi connectivity index (χ1n) is 6.55. The van der Waals surface area contributed by atoms with Crippen molar-refractivity contribution in [1.82, 2.24) is 5.32 Å². The summed E-state index contributed by atoms with van der Waals surface area (Å²) in [4.78, 5) is 0. The maximum absolute atomic E-state index is 3.30. The van der Waals surface area contributed by atoms with E-state index in [1.54, 1.807) is 0 Å². The highest BCUT2D eigenvalue weighted by Crippen LogP contribution is 2.14. The molecule has 1 heteroatoms. The van der Waals surface area contributed by atoms with E-state index >= 15 is 0 Å². The summed E-state index contributed by atoms with van der Waals surface area (Å²) in [6.07, 6.45) is 6.55. The van der Waals surface area contributed by atoms with Gasteiger partial charge in [-0.1, -0.05) is 43.7 Å². The van der Waals surface area contributed by atoms with Crippen molar-refractivity contribution >= 4 is 0 Å². The van der Waals surface area contributed by atoms with Crippen LogP contribution in [0.3, 0.4) is 0 Å². The van der Waals surface area contributed by atoms with E-state index in [2.05, 4.69) is 49.6 Å². The largest absolute Gasteiger partial charge is 0.319 e. The van der Waals surface area contributed by atoms with Gasteiger partial charge in [0, 0.05) is 0 Å². The fourth-order valence-electron chi connectivity index (χ4n) is 2.28. The van der Waals surface area contributed by atoms with E-state index in [0.717, 1.165) is 5.92 Å². The number of rotatable bonds is 8. The third kappa shape index (κ3) is 5.32. The van der Waals surface area contributed by atoms with Crippen LogP contribution in [-0.4, -0.2) is 13.6 Å². The fourth-order valence-corrected chi connectivity index (χ4v) is 2.28. The highest BCUT2D eigenvalue weighted by molar-refractivity contribution is 5.14. The van der Waals surface area contributed by atoms with Gasteiger partial charge in [-0.25, -0.2) is 0 Å². The second-order valence-electron chi connectivity index (χ2n) is 4.59. The van der Waals surface area contributed by atoms with Gasteiger partial charge in [0.25, 0.3) is 0 Å². The Labute approximate surface area is 100 Å². The van der Waals surface area contributed by atoms with E-state index in [9.17, 15) is 0 Å². The molecule has 1 unspecified atom stereocenters. The topological polar surface area (TPSA) is 12.0 Å². The molecule has 0 heterocycles. The zero-order valence-electron chi connectivity index (χ0n) is 10.7. The summed E-state index contributed by atoms with van der Waals surface area (Å²) in [6.45, 7) is 3.45. The SMILES string of the molecule is CCCC(CCCc1ccccc1)CNC. The Morgan fingerprint density at radius 3 is 2.50 bits per heavy atom. The van der Waals surface area contributed by atoms with Crippen LogP contribution in [0.1, 0.15) is 38.2 Å². The summed E-state index contributed by atoms with van der Waals surface area (Å²) in [5, 5.41) is 3.30. The van der Waals surface area contributed by atoms with Crippen LogP contribution in [0, 0.1) is 5.92 Å². The second kappa shape index (κ2) is 8.35.